The third kappa shape index (κ3) is 5.81. The molecule has 0 bridgehead atoms. The molecule has 2 N–H and O–H groups in total. The fourth-order valence-corrected chi connectivity index (χ4v) is 2.50. The minimum absolute atomic E-state index is 0.168. The summed E-state index contributed by atoms with van der Waals surface area (Å²) in [5.74, 6) is 0. The van der Waals surface area contributed by atoms with Gasteiger partial charge in [-0.1, -0.05) is 36.4 Å². The van der Waals surface area contributed by atoms with Gasteiger partial charge in [-0.25, -0.2) is 9.59 Å². The number of hydrogen-bond donors (Lipinski definition) is 2. The molecule has 26 heavy (non-hydrogen) atoms. The van der Waals surface area contributed by atoms with E-state index in [0.29, 0.717) is 26.2 Å². The zero-order valence-electron chi connectivity index (χ0n) is 15.3. The van der Waals surface area contributed by atoms with Crippen molar-refractivity contribution in [2.24, 2.45) is 0 Å². The third-order valence-electron chi connectivity index (χ3n) is 4.03. The summed E-state index contributed by atoms with van der Waals surface area (Å²) in [4.78, 5) is 28.2. The molecule has 0 aliphatic heterocycles. The topological polar surface area (TPSA) is 64.7 Å². The van der Waals surface area contributed by atoms with Gasteiger partial charge in [-0.3, -0.25) is 0 Å². The number of carbonyl (C=O) groups is 2. The predicted molar refractivity (Wildman–Crippen MR) is 105 cm³/mol. The summed E-state index contributed by atoms with van der Waals surface area (Å²) in [6, 6.07) is 18.3. The lowest BCUT2D eigenvalue weighted by atomic mass is 10.3. The van der Waals surface area contributed by atoms with E-state index in [1.165, 1.54) is 0 Å². The second kappa shape index (κ2) is 10.1. The van der Waals surface area contributed by atoms with Crippen LogP contribution in [0.2, 0.25) is 0 Å². The summed E-state index contributed by atoms with van der Waals surface area (Å²) in [5, 5.41) is 5.74. The highest BCUT2D eigenvalue weighted by Crippen LogP contribution is 2.08. The first kappa shape index (κ1) is 19.3. The largest absolute Gasteiger partial charge is 0.323 e. The minimum Gasteiger partial charge on any atom is -0.323 e. The second-order valence-corrected chi connectivity index (χ2v) is 5.75. The standard InChI is InChI=1S/C20H26N4O2/c1-3-23(19(25)21-17-11-7-5-8-12-17)15-16-24(4-2)20(26)22-18-13-9-6-10-14-18/h5-14H,3-4,15-16H2,1-2H3,(H,21,25)(H,22,26). The first-order chi connectivity index (χ1) is 12.6. The maximum Gasteiger partial charge on any atom is 0.321 e. The van der Waals surface area contributed by atoms with Crippen LogP contribution in [0.4, 0.5) is 21.0 Å². The van der Waals surface area contributed by atoms with Crippen molar-refractivity contribution >= 4 is 23.4 Å². The highest BCUT2D eigenvalue weighted by Gasteiger charge is 2.16. The molecule has 0 fully saturated rings. The molecule has 2 aromatic carbocycles. The summed E-state index contributed by atoms with van der Waals surface area (Å²) in [6.45, 7) is 5.90. The lowest BCUT2D eigenvalue weighted by Gasteiger charge is -2.26. The van der Waals surface area contributed by atoms with E-state index in [1.807, 2.05) is 74.5 Å². The molecule has 2 rings (SSSR count). The lowest BCUT2D eigenvalue weighted by molar-refractivity contribution is 0.193. The van der Waals surface area contributed by atoms with Crippen molar-refractivity contribution in [3.63, 3.8) is 0 Å². The maximum absolute atomic E-state index is 12.4. The monoisotopic (exact) mass is 354 g/mol. The van der Waals surface area contributed by atoms with E-state index >= 15 is 0 Å². The Morgan fingerprint density at radius 3 is 1.35 bits per heavy atom. The smallest absolute Gasteiger partial charge is 0.321 e. The van der Waals surface area contributed by atoms with Crippen LogP contribution in [0.15, 0.2) is 60.7 Å². The van der Waals surface area contributed by atoms with Gasteiger partial charge >= 0.3 is 12.1 Å². The summed E-state index contributed by atoms with van der Waals surface area (Å²) < 4.78 is 0. The number of nitrogens with zero attached hydrogens (tertiary/aromatic N) is 2. The second-order valence-electron chi connectivity index (χ2n) is 5.75. The quantitative estimate of drug-likeness (QED) is 0.786. The number of anilines is 2. The normalized spacial score (nSPS) is 10.1. The molecule has 0 heterocycles. The molecule has 6 nitrogen and oxygen atoms in total. The summed E-state index contributed by atoms with van der Waals surface area (Å²) in [6.07, 6.45) is 0. The average molecular weight is 354 g/mol. The highest BCUT2D eigenvalue weighted by atomic mass is 16.2. The van der Waals surface area contributed by atoms with E-state index in [2.05, 4.69) is 10.6 Å². The number of likely N-dealkylation sites (N-methyl/N-ethyl adjacent to an activating group) is 2. The summed E-state index contributed by atoms with van der Waals surface area (Å²) >= 11 is 0. The molecule has 0 aliphatic carbocycles. The Balaban J connectivity index is 1.88. The van der Waals surface area contributed by atoms with Gasteiger partial charge in [0, 0.05) is 37.6 Å². The van der Waals surface area contributed by atoms with Crippen LogP contribution in [0.1, 0.15) is 13.8 Å². The number of rotatable bonds is 7. The van der Waals surface area contributed by atoms with E-state index in [0.717, 1.165) is 11.4 Å². The van der Waals surface area contributed by atoms with Gasteiger partial charge in [-0.05, 0) is 38.1 Å². The first-order valence-corrected chi connectivity index (χ1v) is 8.86. The van der Waals surface area contributed by atoms with Gasteiger partial charge in [0.15, 0.2) is 0 Å². The summed E-state index contributed by atoms with van der Waals surface area (Å²) in [7, 11) is 0. The molecular formula is C20H26N4O2. The van der Waals surface area contributed by atoms with Crippen LogP contribution < -0.4 is 10.6 Å². The number of amides is 4. The number of hydrogen-bond acceptors (Lipinski definition) is 2. The summed E-state index contributed by atoms with van der Waals surface area (Å²) in [5.41, 5.74) is 1.51. The van der Waals surface area contributed by atoms with Crippen LogP contribution >= 0.6 is 0 Å². The Bertz CT molecular complexity index is 630. The molecule has 0 atom stereocenters. The molecular weight excluding hydrogens is 328 g/mol. The van der Waals surface area contributed by atoms with Crippen molar-refractivity contribution in [1.29, 1.82) is 0 Å². The van der Waals surface area contributed by atoms with E-state index in [9.17, 15) is 9.59 Å². The SMILES string of the molecule is CCN(CCN(CC)C(=O)Nc1ccccc1)C(=O)Nc1ccccc1. The van der Waals surface area contributed by atoms with Crippen LogP contribution in [-0.2, 0) is 0 Å². The van der Waals surface area contributed by atoms with Gasteiger partial charge in [-0.2, -0.15) is 0 Å². The van der Waals surface area contributed by atoms with E-state index < -0.39 is 0 Å². The number of urea groups is 2. The van der Waals surface area contributed by atoms with Gasteiger partial charge in [0.25, 0.3) is 0 Å². The molecule has 0 saturated carbocycles. The van der Waals surface area contributed by atoms with Crippen molar-refractivity contribution in [2.45, 2.75) is 13.8 Å². The molecule has 0 radical (unpaired) electrons. The Kier molecular flexibility index (Phi) is 7.49. The van der Waals surface area contributed by atoms with Crippen LogP contribution in [-0.4, -0.2) is 48.0 Å². The van der Waals surface area contributed by atoms with Gasteiger partial charge in [-0.15, -0.1) is 0 Å². The van der Waals surface area contributed by atoms with Crippen molar-refractivity contribution in [3.05, 3.63) is 60.7 Å². The van der Waals surface area contributed by atoms with Crippen LogP contribution in [0.5, 0.6) is 0 Å². The van der Waals surface area contributed by atoms with E-state index in [-0.39, 0.29) is 12.1 Å². The maximum atomic E-state index is 12.4. The molecule has 0 aromatic heterocycles. The molecule has 4 amide bonds. The molecule has 0 saturated heterocycles. The molecule has 0 aliphatic rings. The highest BCUT2D eigenvalue weighted by molar-refractivity contribution is 5.90. The number of nitrogens with one attached hydrogen (secondary N) is 2. The number of benzene rings is 2. The van der Waals surface area contributed by atoms with Crippen molar-refractivity contribution in [2.75, 3.05) is 36.8 Å². The van der Waals surface area contributed by atoms with Gasteiger partial charge < -0.3 is 20.4 Å². The molecule has 6 heteroatoms. The van der Waals surface area contributed by atoms with Crippen molar-refractivity contribution in [3.8, 4) is 0 Å². The number of para-hydroxylation sites is 2. The third-order valence-corrected chi connectivity index (χ3v) is 4.03. The van der Waals surface area contributed by atoms with E-state index in [1.54, 1.807) is 9.80 Å². The van der Waals surface area contributed by atoms with Crippen molar-refractivity contribution < 1.29 is 9.59 Å². The first-order valence-electron chi connectivity index (χ1n) is 8.86. The fraction of sp³-hybridized carbons (Fsp3) is 0.300. The van der Waals surface area contributed by atoms with Gasteiger partial charge in [0.05, 0.1) is 0 Å². The minimum atomic E-state index is -0.168. The lowest BCUT2D eigenvalue weighted by Crippen LogP contribution is -2.43. The van der Waals surface area contributed by atoms with Crippen LogP contribution in [0.25, 0.3) is 0 Å². The van der Waals surface area contributed by atoms with Crippen LogP contribution in [0, 0.1) is 0 Å². The van der Waals surface area contributed by atoms with Crippen molar-refractivity contribution in [1.82, 2.24) is 9.80 Å². The predicted octanol–water partition coefficient (Wildman–Crippen LogP) is 4.09. The Morgan fingerprint density at radius 2 is 1.04 bits per heavy atom. The molecule has 0 unspecified atom stereocenters. The molecule has 0 spiro atoms. The zero-order valence-corrected chi connectivity index (χ0v) is 15.3. The molecule has 2 aromatic rings. The Labute approximate surface area is 154 Å². The van der Waals surface area contributed by atoms with Crippen LogP contribution in [0.3, 0.4) is 0 Å². The Hall–Kier alpha value is -3.02. The molecule has 138 valence electrons. The van der Waals surface area contributed by atoms with Gasteiger partial charge in [0.2, 0.25) is 0 Å². The fourth-order valence-electron chi connectivity index (χ4n) is 2.50. The Morgan fingerprint density at radius 1 is 0.692 bits per heavy atom. The average Bonchev–Trinajstić information content (AvgIpc) is 2.66. The van der Waals surface area contributed by atoms with E-state index in [4.69, 9.17) is 0 Å². The number of carbonyl (C=O) groups excluding carboxylic acids is 2. The zero-order chi connectivity index (χ0) is 18.8. The van der Waals surface area contributed by atoms with Gasteiger partial charge in [0.1, 0.15) is 0 Å².